The largest absolute Gasteiger partial charge is 0.377 e. The first-order valence-electron chi connectivity index (χ1n) is 7.25. The molecule has 0 aliphatic carbocycles. The molecule has 2 aromatic rings. The molecule has 0 bridgehead atoms. The Labute approximate surface area is 128 Å². The van der Waals surface area contributed by atoms with Gasteiger partial charge >= 0.3 is 0 Å². The summed E-state index contributed by atoms with van der Waals surface area (Å²) in [6.07, 6.45) is 0. The van der Waals surface area contributed by atoms with Gasteiger partial charge in [-0.1, -0.05) is 0 Å². The van der Waals surface area contributed by atoms with Crippen molar-refractivity contribution in [3.05, 3.63) is 41.8 Å². The minimum atomic E-state index is -0.288. The summed E-state index contributed by atoms with van der Waals surface area (Å²) >= 11 is 0. The zero-order valence-corrected chi connectivity index (χ0v) is 12.6. The summed E-state index contributed by atoms with van der Waals surface area (Å²) in [6, 6.07) is 7.94. The number of carbonyl (C=O) groups is 1. The number of hydrogen-bond donors (Lipinski definition) is 0. The van der Waals surface area contributed by atoms with E-state index < -0.39 is 0 Å². The number of amides is 1. The fraction of sp³-hybridized carbons (Fsp3) is 0.375. The highest BCUT2D eigenvalue weighted by Gasteiger charge is 2.27. The zero-order valence-electron chi connectivity index (χ0n) is 12.6. The van der Waals surface area contributed by atoms with Crippen LogP contribution in [0.1, 0.15) is 17.4 Å². The van der Waals surface area contributed by atoms with Gasteiger partial charge in [0.2, 0.25) is 0 Å². The fourth-order valence-corrected chi connectivity index (χ4v) is 2.64. The van der Waals surface area contributed by atoms with E-state index in [0.717, 1.165) is 11.3 Å². The molecular formula is C16H18FN3O2. The maximum atomic E-state index is 13.0. The highest BCUT2D eigenvalue weighted by Crippen LogP contribution is 2.21. The number of halogens is 1. The second kappa shape index (κ2) is 5.88. The first-order chi connectivity index (χ1) is 10.6. The maximum absolute atomic E-state index is 13.0. The molecule has 0 N–H and O–H groups in total. The number of carbonyl (C=O) groups excluding carboxylic acids is 1. The van der Waals surface area contributed by atoms with E-state index >= 15 is 0 Å². The predicted octanol–water partition coefficient (Wildman–Crippen LogP) is 2.09. The minimum absolute atomic E-state index is 0.0394. The molecule has 0 saturated carbocycles. The van der Waals surface area contributed by atoms with Crippen molar-refractivity contribution >= 4 is 5.91 Å². The van der Waals surface area contributed by atoms with Crippen LogP contribution in [0, 0.1) is 5.82 Å². The van der Waals surface area contributed by atoms with Crippen molar-refractivity contribution in [1.82, 2.24) is 14.7 Å². The van der Waals surface area contributed by atoms with Crippen LogP contribution in [0.4, 0.5) is 4.39 Å². The van der Waals surface area contributed by atoms with Crippen LogP contribution < -0.4 is 0 Å². The molecule has 0 radical (unpaired) electrons. The van der Waals surface area contributed by atoms with Gasteiger partial charge in [-0.3, -0.25) is 9.48 Å². The Kier molecular flexibility index (Phi) is 3.94. The van der Waals surface area contributed by atoms with Gasteiger partial charge in [-0.05, 0) is 42.8 Å². The molecule has 1 aromatic carbocycles. The fourth-order valence-electron chi connectivity index (χ4n) is 2.64. The molecule has 3 rings (SSSR count). The van der Waals surface area contributed by atoms with E-state index in [-0.39, 0.29) is 17.8 Å². The summed E-state index contributed by atoms with van der Waals surface area (Å²) in [6.45, 7) is 3.63. The monoisotopic (exact) mass is 303 g/mol. The topological polar surface area (TPSA) is 47.4 Å². The van der Waals surface area contributed by atoms with E-state index in [0.29, 0.717) is 25.5 Å². The second-order valence-corrected chi connectivity index (χ2v) is 5.47. The first-order valence-corrected chi connectivity index (χ1v) is 7.25. The van der Waals surface area contributed by atoms with Crippen molar-refractivity contribution in [3.63, 3.8) is 0 Å². The van der Waals surface area contributed by atoms with Crippen LogP contribution >= 0.6 is 0 Å². The Morgan fingerprint density at radius 1 is 1.36 bits per heavy atom. The molecule has 1 atom stereocenters. The van der Waals surface area contributed by atoms with Crippen LogP contribution in [0.3, 0.4) is 0 Å². The summed E-state index contributed by atoms with van der Waals surface area (Å²) in [7, 11) is 1.78. The van der Waals surface area contributed by atoms with Crippen LogP contribution in [0.15, 0.2) is 30.3 Å². The highest BCUT2D eigenvalue weighted by atomic mass is 19.1. The third-order valence-corrected chi connectivity index (χ3v) is 3.87. The summed E-state index contributed by atoms with van der Waals surface area (Å²) < 4.78 is 20.0. The standard InChI is InChI=1S/C16H18FN3O2/c1-11-10-22-8-7-20(11)16(21)14-9-15(19(2)18-14)12-3-5-13(17)6-4-12/h3-6,9,11H,7-8,10H2,1-2H3. The Bertz CT molecular complexity index is 681. The minimum Gasteiger partial charge on any atom is -0.377 e. The lowest BCUT2D eigenvalue weighted by molar-refractivity contribution is 0.00323. The molecule has 1 aromatic heterocycles. The number of ether oxygens (including phenoxy) is 1. The van der Waals surface area contributed by atoms with Crippen LogP contribution in [0.5, 0.6) is 0 Å². The smallest absolute Gasteiger partial charge is 0.274 e. The molecule has 22 heavy (non-hydrogen) atoms. The second-order valence-electron chi connectivity index (χ2n) is 5.47. The summed E-state index contributed by atoms with van der Waals surface area (Å²) in [5, 5.41) is 4.31. The predicted molar refractivity (Wildman–Crippen MR) is 79.9 cm³/mol. The van der Waals surface area contributed by atoms with E-state index in [4.69, 9.17) is 4.74 Å². The molecule has 1 aliphatic heterocycles. The molecule has 6 heteroatoms. The van der Waals surface area contributed by atoms with E-state index in [1.54, 1.807) is 34.8 Å². The SMILES string of the molecule is CC1COCCN1C(=O)c1cc(-c2ccc(F)cc2)n(C)n1. The quantitative estimate of drug-likeness (QED) is 0.853. The molecule has 1 amide bonds. The van der Waals surface area contributed by atoms with Gasteiger partial charge < -0.3 is 9.64 Å². The Morgan fingerprint density at radius 3 is 2.77 bits per heavy atom. The third kappa shape index (κ3) is 2.74. The number of benzene rings is 1. The van der Waals surface area contributed by atoms with Crippen molar-refractivity contribution in [2.75, 3.05) is 19.8 Å². The molecule has 1 unspecified atom stereocenters. The summed E-state index contributed by atoms with van der Waals surface area (Å²) in [5.41, 5.74) is 2.00. The number of morpholine rings is 1. The molecule has 0 spiro atoms. The van der Waals surface area contributed by atoms with E-state index in [2.05, 4.69) is 5.10 Å². The first kappa shape index (κ1) is 14.7. The number of aryl methyl sites for hydroxylation is 1. The van der Waals surface area contributed by atoms with Gasteiger partial charge in [-0.15, -0.1) is 0 Å². The number of nitrogens with zero attached hydrogens (tertiary/aromatic N) is 3. The van der Waals surface area contributed by atoms with Gasteiger partial charge in [-0.2, -0.15) is 5.10 Å². The van der Waals surface area contributed by atoms with Crippen molar-refractivity contribution in [3.8, 4) is 11.3 Å². The number of rotatable bonds is 2. The number of hydrogen-bond acceptors (Lipinski definition) is 3. The zero-order chi connectivity index (χ0) is 15.7. The molecule has 116 valence electrons. The number of aromatic nitrogens is 2. The van der Waals surface area contributed by atoms with Crippen LogP contribution in [-0.4, -0.2) is 46.4 Å². The van der Waals surface area contributed by atoms with Gasteiger partial charge in [-0.25, -0.2) is 4.39 Å². The highest BCUT2D eigenvalue weighted by molar-refractivity contribution is 5.93. The van der Waals surface area contributed by atoms with Gasteiger partial charge in [0.25, 0.3) is 5.91 Å². The maximum Gasteiger partial charge on any atom is 0.274 e. The lowest BCUT2D eigenvalue weighted by Gasteiger charge is -2.32. The lowest BCUT2D eigenvalue weighted by atomic mass is 10.1. The van der Waals surface area contributed by atoms with Crippen molar-refractivity contribution in [2.45, 2.75) is 13.0 Å². The van der Waals surface area contributed by atoms with Crippen LogP contribution in [0.25, 0.3) is 11.3 Å². The summed E-state index contributed by atoms with van der Waals surface area (Å²) in [4.78, 5) is 14.4. The molecule has 2 heterocycles. The molecular weight excluding hydrogens is 285 g/mol. The van der Waals surface area contributed by atoms with Crippen LogP contribution in [0.2, 0.25) is 0 Å². The van der Waals surface area contributed by atoms with Crippen molar-refractivity contribution in [1.29, 1.82) is 0 Å². The average molecular weight is 303 g/mol. The Morgan fingerprint density at radius 2 is 2.09 bits per heavy atom. The average Bonchev–Trinajstić information content (AvgIpc) is 2.90. The Balaban J connectivity index is 1.88. The van der Waals surface area contributed by atoms with E-state index in [9.17, 15) is 9.18 Å². The third-order valence-electron chi connectivity index (χ3n) is 3.87. The Hall–Kier alpha value is -2.21. The van der Waals surface area contributed by atoms with Crippen LogP contribution in [-0.2, 0) is 11.8 Å². The van der Waals surface area contributed by atoms with Gasteiger partial charge in [0.15, 0.2) is 5.69 Å². The lowest BCUT2D eigenvalue weighted by Crippen LogP contribution is -2.47. The normalized spacial score (nSPS) is 18.5. The van der Waals surface area contributed by atoms with Gasteiger partial charge in [0.1, 0.15) is 5.82 Å². The summed E-state index contributed by atoms with van der Waals surface area (Å²) in [5.74, 6) is -0.385. The van der Waals surface area contributed by atoms with E-state index in [1.807, 2.05) is 6.92 Å². The van der Waals surface area contributed by atoms with Crippen molar-refractivity contribution in [2.24, 2.45) is 7.05 Å². The molecule has 1 fully saturated rings. The van der Waals surface area contributed by atoms with E-state index in [1.165, 1.54) is 12.1 Å². The molecule has 1 aliphatic rings. The van der Waals surface area contributed by atoms with Crippen molar-refractivity contribution < 1.29 is 13.9 Å². The molecule has 5 nitrogen and oxygen atoms in total. The van der Waals surface area contributed by atoms with Gasteiger partial charge in [0, 0.05) is 13.6 Å². The van der Waals surface area contributed by atoms with Gasteiger partial charge in [0.05, 0.1) is 24.9 Å². The molecule has 1 saturated heterocycles.